The van der Waals surface area contributed by atoms with Crippen LogP contribution >= 0.6 is 0 Å². The molecule has 0 aromatic heterocycles. The van der Waals surface area contributed by atoms with Crippen LogP contribution in [0.5, 0.6) is 11.5 Å². The van der Waals surface area contributed by atoms with Crippen molar-refractivity contribution in [3.8, 4) is 11.5 Å². The maximum atomic E-state index is 12.8. The fourth-order valence-corrected chi connectivity index (χ4v) is 4.01. The number of fused-ring (bicyclic) bond motifs is 1. The molecule has 2 heterocycles. The number of carbonyl (C=O) groups excluding carboxylic acids is 1. The fourth-order valence-electron chi connectivity index (χ4n) is 4.01. The maximum Gasteiger partial charge on any atom is 0.314 e. The number of hydrogen-bond donors (Lipinski definition) is 1. The van der Waals surface area contributed by atoms with E-state index >= 15 is 0 Å². The van der Waals surface area contributed by atoms with Crippen LogP contribution < -0.4 is 9.47 Å². The van der Waals surface area contributed by atoms with E-state index in [0.717, 1.165) is 11.1 Å². The van der Waals surface area contributed by atoms with Crippen molar-refractivity contribution < 1.29 is 24.2 Å². The lowest BCUT2D eigenvalue weighted by Gasteiger charge is -2.39. The number of carboxylic acid groups (broad SMARTS) is 1. The number of amides is 1. The zero-order valence-corrected chi connectivity index (χ0v) is 15.6. The van der Waals surface area contributed by atoms with Crippen molar-refractivity contribution in [3.63, 3.8) is 0 Å². The molecule has 4 rings (SSSR count). The number of aliphatic carboxylic acids is 1. The molecule has 6 heteroatoms. The summed E-state index contributed by atoms with van der Waals surface area (Å²) in [6, 6.07) is 14.9. The van der Waals surface area contributed by atoms with Crippen molar-refractivity contribution in [2.75, 3.05) is 26.3 Å². The number of carbonyl (C=O) groups is 2. The average molecular weight is 381 g/mol. The Morgan fingerprint density at radius 2 is 1.64 bits per heavy atom. The third-order valence-electron chi connectivity index (χ3n) is 5.67. The van der Waals surface area contributed by atoms with Gasteiger partial charge in [0.25, 0.3) is 0 Å². The molecule has 2 aromatic rings. The van der Waals surface area contributed by atoms with Gasteiger partial charge in [0.05, 0.1) is 11.8 Å². The molecule has 2 aliphatic heterocycles. The highest BCUT2D eigenvalue weighted by Gasteiger charge is 2.43. The Labute approximate surface area is 163 Å². The van der Waals surface area contributed by atoms with Gasteiger partial charge >= 0.3 is 5.97 Å². The summed E-state index contributed by atoms with van der Waals surface area (Å²) >= 11 is 0. The molecule has 1 fully saturated rings. The summed E-state index contributed by atoms with van der Waals surface area (Å²) in [4.78, 5) is 26.6. The molecule has 6 nitrogen and oxygen atoms in total. The highest BCUT2D eigenvalue weighted by molar-refractivity contribution is 5.83. The highest BCUT2D eigenvalue weighted by atomic mass is 16.6. The lowest BCUT2D eigenvalue weighted by atomic mass is 9.73. The molecule has 0 spiro atoms. The van der Waals surface area contributed by atoms with Gasteiger partial charge in [-0.25, -0.2) is 0 Å². The van der Waals surface area contributed by atoms with Gasteiger partial charge in [0.2, 0.25) is 5.91 Å². The molecule has 146 valence electrons. The van der Waals surface area contributed by atoms with Crippen molar-refractivity contribution in [2.45, 2.75) is 24.7 Å². The molecule has 0 aliphatic carbocycles. The highest BCUT2D eigenvalue weighted by Crippen LogP contribution is 2.36. The number of ether oxygens (including phenoxy) is 2. The summed E-state index contributed by atoms with van der Waals surface area (Å²) in [5.41, 5.74) is 0.753. The molecule has 28 heavy (non-hydrogen) atoms. The van der Waals surface area contributed by atoms with Crippen molar-refractivity contribution in [1.29, 1.82) is 0 Å². The van der Waals surface area contributed by atoms with Crippen LogP contribution in [0.25, 0.3) is 0 Å². The first-order chi connectivity index (χ1) is 13.6. The van der Waals surface area contributed by atoms with E-state index in [-0.39, 0.29) is 12.3 Å². The van der Waals surface area contributed by atoms with Crippen LogP contribution in [-0.2, 0) is 21.4 Å². The summed E-state index contributed by atoms with van der Waals surface area (Å²) in [5.74, 6) is 0.556. The van der Waals surface area contributed by atoms with Crippen LogP contribution in [0.1, 0.15) is 24.0 Å². The predicted molar refractivity (Wildman–Crippen MR) is 103 cm³/mol. The lowest BCUT2D eigenvalue weighted by Crippen LogP contribution is -2.49. The molecule has 1 saturated heterocycles. The summed E-state index contributed by atoms with van der Waals surface area (Å²) in [5, 5.41) is 9.89. The van der Waals surface area contributed by atoms with Crippen LogP contribution in [-0.4, -0.2) is 48.2 Å². The minimum Gasteiger partial charge on any atom is -0.486 e. The summed E-state index contributed by atoms with van der Waals surface area (Å²) in [7, 11) is 0. The summed E-state index contributed by atoms with van der Waals surface area (Å²) < 4.78 is 11.1. The molecule has 0 saturated carbocycles. The number of likely N-dealkylation sites (tertiary alicyclic amines) is 1. The normalized spacial score (nSPS) is 17.8. The van der Waals surface area contributed by atoms with Gasteiger partial charge < -0.3 is 19.5 Å². The molecular weight excluding hydrogens is 358 g/mol. The number of rotatable bonds is 4. The van der Waals surface area contributed by atoms with E-state index in [0.29, 0.717) is 50.6 Å². The first-order valence-corrected chi connectivity index (χ1v) is 9.54. The van der Waals surface area contributed by atoms with Gasteiger partial charge in [-0.1, -0.05) is 36.4 Å². The molecular formula is C22H23NO5. The van der Waals surface area contributed by atoms with Gasteiger partial charge in [0.1, 0.15) is 13.2 Å². The summed E-state index contributed by atoms with van der Waals surface area (Å²) in [6.45, 7) is 1.91. The topological polar surface area (TPSA) is 76.1 Å². The van der Waals surface area contributed by atoms with Gasteiger partial charge in [-0.15, -0.1) is 0 Å². The van der Waals surface area contributed by atoms with E-state index < -0.39 is 11.4 Å². The average Bonchev–Trinajstić information content (AvgIpc) is 2.74. The van der Waals surface area contributed by atoms with Gasteiger partial charge in [0, 0.05) is 13.1 Å². The Morgan fingerprint density at radius 3 is 2.32 bits per heavy atom. The largest absolute Gasteiger partial charge is 0.486 e. The Hall–Kier alpha value is -3.02. The van der Waals surface area contributed by atoms with Gasteiger partial charge in [-0.2, -0.15) is 0 Å². The number of benzene rings is 2. The molecule has 2 aromatic carbocycles. The van der Waals surface area contributed by atoms with E-state index in [1.165, 1.54) is 0 Å². The van der Waals surface area contributed by atoms with Gasteiger partial charge in [-0.3, -0.25) is 9.59 Å². The predicted octanol–water partition coefficient (Wildman–Crippen LogP) is 2.65. The Balaban J connectivity index is 1.43. The van der Waals surface area contributed by atoms with Crippen molar-refractivity contribution in [3.05, 3.63) is 59.7 Å². The monoisotopic (exact) mass is 381 g/mol. The van der Waals surface area contributed by atoms with Gasteiger partial charge in [0.15, 0.2) is 11.5 Å². The van der Waals surface area contributed by atoms with Crippen LogP contribution in [0, 0.1) is 0 Å². The second-order valence-corrected chi connectivity index (χ2v) is 7.29. The van der Waals surface area contributed by atoms with E-state index in [4.69, 9.17) is 9.47 Å². The quantitative estimate of drug-likeness (QED) is 0.881. The Morgan fingerprint density at radius 1 is 0.964 bits per heavy atom. The maximum absolute atomic E-state index is 12.8. The van der Waals surface area contributed by atoms with Crippen LogP contribution in [0.2, 0.25) is 0 Å². The van der Waals surface area contributed by atoms with E-state index in [1.807, 2.05) is 48.5 Å². The number of carboxylic acids is 1. The van der Waals surface area contributed by atoms with Crippen molar-refractivity contribution in [2.24, 2.45) is 0 Å². The third kappa shape index (κ3) is 3.42. The Kier molecular flexibility index (Phi) is 4.94. The molecule has 1 N–H and O–H groups in total. The lowest BCUT2D eigenvalue weighted by molar-refractivity contribution is -0.148. The molecule has 0 radical (unpaired) electrons. The smallest absolute Gasteiger partial charge is 0.314 e. The zero-order valence-electron chi connectivity index (χ0n) is 15.6. The zero-order chi connectivity index (χ0) is 19.6. The van der Waals surface area contributed by atoms with E-state index in [9.17, 15) is 14.7 Å². The second-order valence-electron chi connectivity index (χ2n) is 7.29. The molecule has 0 atom stereocenters. The number of piperidine rings is 1. The SMILES string of the molecule is O=C(Cc1ccc2c(c1)OCCO2)N1CCC(C(=O)O)(c2ccccc2)CC1. The summed E-state index contributed by atoms with van der Waals surface area (Å²) in [6.07, 6.45) is 1.10. The van der Waals surface area contributed by atoms with E-state index in [2.05, 4.69) is 0 Å². The first-order valence-electron chi connectivity index (χ1n) is 9.54. The van der Waals surface area contributed by atoms with Crippen molar-refractivity contribution >= 4 is 11.9 Å². The minimum atomic E-state index is -0.922. The number of nitrogens with zero attached hydrogens (tertiary/aromatic N) is 1. The number of hydrogen-bond acceptors (Lipinski definition) is 4. The molecule has 2 aliphatic rings. The van der Waals surface area contributed by atoms with E-state index in [1.54, 1.807) is 4.90 Å². The fraction of sp³-hybridized carbons (Fsp3) is 0.364. The molecule has 0 bridgehead atoms. The van der Waals surface area contributed by atoms with Gasteiger partial charge in [-0.05, 0) is 36.1 Å². The van der Waals surface area contributed by atoms with Crippen LogP contribution in [0.4, 0.5) is 0 Å². The first kappa shape index (κ1) is 18.3. The minimum absolute atomic E-state index is 0.00345. The standard InChI is InChI=1S/C22H23NO5/c24-20(15-16-6-7-18-19(14-16)28-13-12-27-18)23-10-8-22(9-11-23,21(25)26)17-4-2-1-3-5-17/h1-7,14H,8-13,15H2,(H,25,26). The van der Waals surface area contributed by atoms with Crippen LogP contribution in [0.15, 0.2) is 48.5 Å². The second kappa shape index (κ2) is 7.54. The third-order valence-corrected chi connectivity index (χ3v) is 5.67. The molecule has 0 unspecified atom stereocenters. The Bertz CT molecular complexity index is 872. The molecule has 1 amide bonds. The van der Waals surface area contributed by atoms with Crippen molar-refractivity contribution in [1.82, 2.24) is 4.90 Å². The van der Waals surface area contributed by atoms with Crippen LogP contribution in [0.3, 0.4) is 0 Å².